The summed E-state index contributed by atoms with van der Waals surface area (Å²) in [5.74, 6) is 0.565. The van der Waals surface area contributed by atoms with Crippen molar-refractivity contribution in [2.45, 2.75) is 6.92 Å². The minimum absolute atomic E-state index is 0.172. The van der Waals surface area contributed by atoms with Crippen molar-refractivity contribution in [2.24, 2.45) is 5.10 Å². The minimum Gasteiger partial charge on any atom is -0.493 e. The molecule has 0 atom stereocenters. The van der Waals surface area contributed by atoms with Gasteiger partial charge in [-0.25, -0.2) is 5.43 Å². The Kier molecular flexibility index (Phi) is 6.11. The Hall–Kier alpha value is -3.35. The number of hydrogen-bond donors (Lipinski definition) is 2. The molecule has 0 aliphatic rings. The van der Waals surface area contributed by atoms with Crippen LogP contribution in [0.4, 0.5) is 5.69 Å². The van der Waals surface area contributed by atoms with Gasteiger partial charge in [0.05, 0.1) is 20.4 Å². The van der Waals surface area contributed by atoms with Gasteiger partial charge in [0, 0.05) is 23.7 Å². The number of rotatable bonds is 6. The molecule has 2 N–H and O–H groups in total. The lowest BCUT2D eigenvalue weighted by Crippen LogP contribution is -2.17. The van der Waals surface area contributed by atoms with Gasteiger partial charge < -0.3 is 14.8 Å². The van der Waals surface area contributed by atoms with Crippen LogP contribution >= 0.6 is 0 Å². The first kappa shape index (κ1) is 18.0. The Labute approximate surface area is 145 Å². The molecule has 0 aromatic heterocycles. The van der Waals surface area contributed by atoms with Crippen LogP contribution in [-0.4, -0.2) is 32.2 Å². The van der Waals surface area contributed by atoms with Gasteiger partial charge >= 0.3 is 0 Å². The number of nitrogens with zero attached hydrogens (tertiary/aromatic N) is 1. The van der Waals surface area contributed by atoms with Crippen molar-refractivity contribution < 1.29 is 19.1 Å². The molecule has 2 amide bonds. The fourth-order valence-corrected chi connectivity index (χ4v) is 2.15. The van der Waals surface area contributed by atoms with E-state index >= 15 is 0 Å². The van der Waals surface area contributed by atoms with E-state index in [0.29, 0.717) is 28.3 Å². The van der Waals surface area contributed by atoms with Gasteiger partial charge in [-0.2, -0.15) is 5.10 Å². The van der Waals surface area contributed by atoms with Gasteiger partial charge in [0.1, 0.15) is 0 Å². The minimum atomic E-state index is -0.368. The summed E-state index contributed by atoms with van der Waals surface area (Å²) in [5.41, 5.74) is 4.15. The molecular formula is C18H19N3O4. The smallest absolute Gasteiger partial charge is 0.271 e. The first-order valence-corrected chi connectivity index (χ1v) is 7.47. The Bertz CT molecular complexity index is 785. The highest BCUT2D eigenvalue weighted by Crippen LogP contribution is 2.29. The molecule has 2 aromatic carbocycles. The molecule has 0 spiro atoms. The molecule has 2 aromatic rings. The number of methoxy groups -OCH3 is 2. The van der Waals surface area contributed by atoms with Crippen LogP contribution in [0.2, 0.25) is 0 Å². The second-order valence-electron chi connectivity index (χ2n) is 5.04. The largest absolute Gasteiger partial charge is 0.493 e. The average molecular weight is 341 g/mol. The van der Waals surface area contributed by atoms with Crippen LogP contribution in [-0.2, 0) is 4.79 Å². The van der Waals surface area contributed by atoms with E-state index in [-0.39, 0.29) is 11.8 Å². The molecule has 0 aliphatic heterocycles. The summed E-state index contributed by atoms with van der Waals surface area (Å²) < 4.78 is 10.5. The monoisotopic (exact) mass is 341 g/mol. The number of ether oxygens (including phenoxy) is 2. The fourth-order valence-electron chi connectivity index (χ4n) is 2.15. The van der Waals surface area contributed by atoms with E-state index in [0.717, 1.165) is 0 Å². The number of carbonyl (C=O) groups excluding carboxylic acids is 2. The molecular weight excluding hydrogens is 322 g/mol. The third-order valence-corrected chi connectivity index (χ3v) is 3.27. The van der Waals surface area contributed by atoms with Crippen LogP contribution in [0.5, 0.6) is 11.5 Å². The highest BCUT2D eigenvalue weighted by Gasteiger charge is 2.08. The second-order valence-corrected chi connectivity index (χ2v) is 5.04. The lowest BCUT2D eigenvalue weighted by Gasteiger charge is -2.09. The summed E-state index contributed by atoms with van der Waals surface area (Å²) in [6, 6.07) is 11.8. The number of para-hydroxylation sites is 1. The van der Waals surface area contributed by atoms with E-state index in [2.05, 4.69) is 15.8 Å². The van der Waals surface area contributed by atoms with Gasteiger partial charge in [0.2, 0.25) is 5.91 Å². The highest BCUT2D eigenvalue weighted by molar-refractivity contribution is 5.96. The van der Waals surface area contributed by atoms with Crippen LogP contribution in [0.3, 0.4) is 0 Å². The molecule has 0 aliphatic carbocycles. The number of nitrogens with one attached hydrogen (secondary N) is 2. The Morgan fingerprint density at radius 1 is 1.04 bits per heavy atom. The van der Waals surface area contributed by atoms with Crippen LogP contribution in [0, 0.1) is 0 Å². The first-order chi connectivity index (χ1) is 12.0. The predicted octanol–water partition coefficient (Wildman–Crippen LogP) is 2.43. The van der Waals surface area contributed by atoms with Crippen molar-refractivity contribution in [3.63, 3.8) is 0 Å². The van der Waals surface area contributed by atoms with E-state index in [9.17, 15) is 9.59 Å². The Morgan fingerprint density at radius 3 is 2.36 bits per heavy atom. The third-order valence-electron chi connectivity index (χ3n) is 3.27. The van der Waals surface area contributed by atoms with E-state index in [4.69, 9.17) is 9.47 Å². The number of benzene rings is 2. The third kappa shape index (κ3) is 4.81. The summed E-state index contributed by atoms with van der Waals surface area (Å²) in [6.45, 7) is 1.42. The van der Waals surface area contributed by atoms with Crippen molar-refractivity contribution in [1.82, 2.24) is 5.43 Å². The van der Waals surface area contributed by atoms with E-state index in [1.165, 1.54) is 20.2 Å². The number of hydrazone groups is 1. The molecule has 0 heterocycles. The van der Waals surface area contributed by atoms with E-state index in [1.807, 2.05) is 0 Å². The normalized spacial score (nSPS) is 10.4. The topological polar surface area (TPSA) is 89.0 Å². The molecule has 0 bridgehead atoms. The average Bonchev–Trinajstić information content (AvgIpc) is 2.61. The zero-order chi connectivity index (χ0) is 18.2. The maximum atomic E-state index is 12.1. The molecule has 7 nitrogen and oxygen atoms in total. The summed E-state index contributed by atoms with van der Waals surface area (Å²) in [6.07, 6.45) is 1.48. The Morgan fingerprint density at radius 2 is 1.76 bits per heavy atom. The molecule has 0 radical (unpaired) electrons. The summed E-state index contributed by atoms with van der Waals surface area (Å²) in [4.78, 5) is 23.1. The second kappa shape index (κ2) is 8.49. The summed E-state index contributed by atoms with van der Waals surface area (Å²) in [7, 11) is 3.08. The predicted molar refractivity (Wildman–Crippen MR) is 95.4 cm³/mol. The standard InChI is InChI=1S/C18H19N3O4/c1-12(22)20-15-9-7-13(8-10-15)18(23)21-19-11-14-5-4-6-16(24-2)17(14)25-3/h4-11H,1-3H3,(H,20,22)(H,21,23). The first-order valence-electron chi connectivity index (χ1n) is 7.47. The fraction of sp³-hybridized carbons (Fsp3) is 0.167. The van der Waals surface area contributed by atoms with Gasteiger partial charge in [-0.1, -0.05) is 6.07 Å². The molecule has 2 rings (SSSR count). The lowest BCUT2D eigenvalue weighted by atomic mass is 10.2. The molecule has 0 saturated heterocycles. The van der Waals surface area contributed by atoms with Crippen molar-refractivity contribution in [3.05, 3.63) is 53.6 Å². The summed E-state index contributed by atoms with van der Waals surface area (Å²) in [5, 5.41) is 6.58. The van der Waals surface area contributed by atoms with Gasteiger partial charge in [-0.3, -0.25) is 9.59 Å². The van der Waals surface area contributed by atoms with Crippen molar-refractivity contribution in [3.8, 4) is 11.5 Å². The quantitative estimate of drug-likeness (QED) is 0.624. The van der Waals surface area contributed by atoms with Crippen LogP contribution in [0.1, 0.15) is 22.8 Å². The van der Waals surface area contributed by atoms with E-state index < -0.39 is 0 Å². The van der Waals surface area contributed by atoms with Crippen LogP contribution in [0.15, 0.2) is 47.6 Å². The van der Waals surface area contributed by atoms with Gasteiger partial charge in [-0.15, -0.1) is 0 Å². The molecule has 0 unspecified atom stereocenters. The zero-order valence-corrected chi connectivity index (χ0v) is 14.2. The summed E-state index contributed by atoms with van der Waals surface area (Å²) >= 11 is 0. The molecule has 0 fully saturated rings. The number of amides is 2. The van der Waals surface area contributed by atoms with Crippen LogP contribution in [0.25, 0.3) is 0 Å². The number of hydrogen-bond acceptors (Lipinski definition) is 5. The highest BCUT2D eigenvalue weighted by atomic mass is 16.5. The van der Waals surface area contributed by atoms with Crippen molar-refractivity contribution >= 4 is 23.7 Å². The zero-order valence-electron chi connectivity index (χ0n) is 14.2. The molecule has 25 heavy (non-hydrogen) atoms. The van der Waals surface area contributed by atoms with E-state index in [1.54, 1.807) is 49.6 Å². The maximum absolute atomic E-state index is 12.1. The van der Waals surface area contributed by atoms with Gasteiger partial charge in [0.15, 0.2) is 11.5 Å². The molecule has 0 saturated carbocycles. The molecule has 130 valence electrons. The Balaban J connectivity index is 2.04. The van der Waals surface area contributed by atoms with Gasteiger partial charge in [-0.05, 0) is 36.4 Å². The SMILES string of the molecule is COc1cccc(C=NNC(=O)c2ccc(NC(C)=O)cc2)c1OC. The maximum Gasteiger partial charge on any atom is 0.271 e. The molecule has 7 heteroatoms. The van der Waals surface area contributed by atoms with Crippen molar-refractivity contribution in [2.75, 3.05) is 19.5 Å². The van der Waals surface area contributed by atoms with Crippen molar-refractivity contribution in [1.29, 1.82) is 0 Å². The van der Waals surface area contributed by atoms with Crippen LogP contribution < -0.4 is 20.2 Å². The lowest BCUT2D eigenvalue weighted by molar-refractivity contribution is -0.114. The number of anilines is 1. The number of carbonyl (C=O) groups is 2. The van der Waals surface area contributed by atoms with Gasteiger partial charge in [0.25, 0.3) is 5.91 Å².